The maximum Gasteiger partial charge on any atom is 0.326 e. The first-order valence-corrected chi connectivity index (χ1v) is 6.70. The van der Waals surface area contributed by atoms with E-state index >= 15 is 0 Å². The monoisotopic (exact) mass is 234 g/mol. The van der Waals surface area contributed by atoms with Gasteiger partial charge in [-0.2, -0.15) is 11.8 Å². The highest BCUT2D eigenvalue weighted by atomic mass is 32.2. The zero-order chi connectivity index (χ0) is 11.1. The van der Waals surface area contributed by atoms with Crippen molar-refractivity contribution in [3.05, 3.63) is 34.2 Å². The van der Waals surface area contributed by atoms with Gasteiger partial charge >= 0.3 is 5.69 Å². The summed E-state index contributed by atoms with van der Waals surface area (Å²) in [6, 6.07) is 6.45. The third-order valence-electron chi connectivity index (χ3n) is 3.23. The molecular weight excluding hydrogens is 220 g/mol. The topological polar surface area (TPSA) is 37.8 Å². The summed E-state index contributed by atoms with van der Waals surface area (Å²) in [6.45, 7) is 2.03. The summed E-state index contributed by atoms with van der Waals surface area (Å²) in [4.78, 5) is 14.9. The highest BCUT2D eigenvalue weighted by Crippen LogP contribution is 2.29. The van der Waals surface area contributed by atoms with Crippen molar-refractivity contribution in [2.24, 2.45) is 0 Å². The van der Waals surface area contributed by atoms with Crippen LogP contribution in [-0.2, 0) is 0 Å². The summed E-state index contributed by atoms with van der Waals surface area (Å²) in [5, 5.41) is 0. The second-order valence-electron chi connectivity index (χ2n) is 4.29. The van der Waals surface area contributed by atoms with Crippen LogP contribution >= 0.6 is 11.8 Å². The maximum atomic E-state index is 12.0. The minimum Gasteiger partial charge on any atom is -0.305 e. The van der Waals surface area contributed by atoms with Gasteiger partial charge in [-0.1, -0.05) is 12.1 Å². The number of hydrogen-bond donors (Lipinski definition) is 1. The Morgan fingerprint density at radius 3 is 3.12 bits per heavy atom. The molecule has 16 heavy (non-hydrogen) atoms. The summed E-state index contributed by atoms with van der Waals surface area (Å²) in [7, 11) is 0. The molecule has 1 fully saturated rings. The second kappa shape index (κ2) is 3.70. The fraction of sp³-hybridized carbons (Fsp3) is 0.417. The van der Waals surface area contributed by atoms with E-state index in [-0.39, 0.29) is 5.69 Å². The lowest BCUT2D eigenvalue weighted by Gasteiger charge is -2.10. The molecule has 0 radical (unpaired) electrons. The Labute approximate surface area is 97.9 Å². The number of H-pyrrole nitrogens is 1. The number of aryl methyl sites for hydroxylation is 1. The number of aromatic nitrogens is 2. The van der Waals surface area contributed by atoms with E-state index < -0.39 is 0 Å². The molecule has 3 nitrogen and oxygen atoms in total. The molecule has 0 spiro atoms. The summed E-state index contributed by atoms with van der Waals surface area (Å²) in [5.74, 6) is 2.22. The number of nitrogens with zero attached hydrogens (tertiary/aromatic N) is 1. The fourth-order valence-corrected chi connectivity index (χ4v) is 3.57. The fourth-order valence-electron chi connectivity index (χ4n) is 2.38. The summed E-state index contributed by atoms with van der Waals surface area (Å²) >= 11 is 1.93. The lowest BCUT2D eigenvalue weighted by atomic mass is 10.2. The number of rotatable bonds is 1. The molecule has 0 aliphatic carbocycles. The van der Waals surface area contributed by atoms with E-state index in [9.17, 15) is 4.79 Å². The number of thioether (sulfide) groups is 1. The van der Waals surface area contributed by atoms with Crippen molar-refractivity contribution in [1.82, 2.24) is 9.55 Å². The van der Waals surface area contributed by atoms with E-state index in [1.165, 1.54) is 0 Å². The molecule has 84 valence electrons. The maximum absolute atomic E-state index is 12.0. The molecule has 1 unspecified atom stereocenters. The van der Waals surface area contributed by atoms with Gasteiger partial charge in [-0.25, -0.2) is 4.79 Å². The minimum atomic E-state index is 0.0387. The molecule has 0 amide bonds. The number of imidazole rings is 1. The molecular formula is C12H14N2OS. The quantitative estimate of drug-likeness (QED) is 0.822. The first-order chi connectivity index (χ1) is 7.77. The lowest BCUT2D eigenvalue weighted by Crippen LogP contribution is -2.21. The molecule has 1 saturated heterocycles. The van der Waals surface area contributed by atoms with Gasteiger partial charge in [-0.3, -0.25) is 4.57 Å². The van der Waals surface area contributed by atoms with E-state index in [0.29, 0.717) is 6.04 Å². The van der Waals surface area contributed by atoms with E-state index in [1.807, 2.05) is 41.5 Å². The third-order valence-corrected chi connectivity index (χ3v) is 4.38. The van der Waals surface area contributed by atoms with Crippen LogP contribution in [0.5, 0.6) is 0 Å². The van der Waals surface area contributed by atoms with Gasteiger partial charge in [0.05, 0.1) is 11.0 Å². The van der Waals surface area contributed by atoms with Gasteiger partial charge in [-0.05, 0) is 30.7 Å². The van der Waals surface area contributed by atoms with Gasteiger partial charge in [0.1, 0.15) is 0 Å². The molecule has 1 atom stereocenters. The molecule has 0 bridgehead atoms. The molecule has 4 heteroatoms. The average molecular weight is 234 g/mol. The highest BCUT2D eigenvalue weighted by molar-refractivity contribution is 7.99. The van der Waals surface area contributed by atoms with Crippen LogP contribution in [0.3, 0.4) is 0 Å². The van der Waals surface area contributed by atoms with Crippen molar-refractivity contribution in [2.75, 3.05) is 11.5 Å². The minimum absolute atomic E-state index is 0.0387. The van der Waals surface area contributed by atoms with Crippen LogP contribution in [0.15, 0.2) is 23.0 Å². The highest BCUT2D eigenvalue weighted by Gasteiger charge is 2.21. The largest absolute Gasteiger partial charge is 0.326 e. The average Bonchev–Trinajstić information content (AvgIpc) is 2.85. The predicted octanol–water partition coefficient (Wildman–Crippen LogP) is 2.32. The number of hydrogen-bond acceptors (Lipinski definition) is 2. The van der Waals surface area contributed by atoms with Gasteiger partial charge in [0, 0.05) is 11.8 Å². The van der Waals surface area contributed by atoms with Crippen molar-refractivity contribution in [3.8, 4) is 0 Å². The Bertz CT molecular complexity index is 578. The standard InChI is InChI=1S/C12H14N2OS/c1-8-3-2-4-10-11(8)13-12(15)14(10)9-5-6-16-7-9/h2-4,9H,5-7H2,1H3,(H,13,15). The van der Waals surface area contributed by atoms with Crippen LogP contribution in [-0.4, -0.2) is 21.1 Å². The predicted molar refractivity (Wildman–Crippen MR) is 68.3 cm³/mol. The van der Waals surface area contributed by atoms with Crippen molar-refractivity contribution in [2.45, 2.75) is 19.4 Å². The Kier molecular flexibility index (Phi) is 2.32. The second-order valence-corrected chi connectivity index (χ2v) is 5.44. The van der Waals surface area contributed by atoms with Gasteiger partial charge < -0.3 is 4.98 Å². The van der Waals surface area contributed by atoms with Crippen LogP contribution in [0.2, 0.25) is 0 Å². The third kappa shape index (κ3) is 1.40. The molecule has 3 rings (SSSR count). The molecule has 1 aliphatic rings. The molecule has 1 N–H and O–H groups in total. The van der Waals surface area contributed by atoms with E-state index in [1.54, 1.807) is 0 Å². The van der Waals surface area contributed by atoms with E-state index in [2.05, 4.69) is 4.98 Å². The zero-order valence-corrected chi connectivity index (χ0v) is 10.0. The van der Waals surface area contributed by atoms with Crippen molar-refractivity contribution >= 4 is 22.8 Å². The molecule has 1 aromatic carbocycles. The smallest absolute Gasteiger partial charge is 0.305 e. The van der Waals surface area contributed by atoms with Gasteiger partial charge in [0.2, 0.25) is 0 Å². The van der Waals surface area contributed by atoms with Crippen molar-refractivity contribution in [3.63, 3.8) is 0 Å². The van der Waals surface area contributed by atoms with Crippen LogP contribution in [0.4, 0.5) is 0 Å². The molecule has 0 saturated carbocycles. The molecule has 1 aromatic heterocycles. The summed E-state index contributed by atoms with van der Waals surface area (Å²) in [5.41, 5.74) is 3.22. The molecule has 1 aliphatic heterocycles. The first-order valence-electron chi connectivity index (χ1n) is 5.55. The summed E-state index contributed by atoms with van der Waals surface area (Å²) < 4.78 is 1.93. The van der Waals surface area contributed by atoms with E-state index in [0.717, 1.165) is 34.5 Å². The Hall–Kier alpha value is -1.16. The van der Waals surface area contributed by atoms with Gasteiger partial charge in [0.25, 0.3) is 0 Å². The number of benzene rings is 1. The number of para-hydroxylation sites is 1. The van der Waals surface area contributed by atoms with E-state index in [4.69, 9.17) is 0 Å². The first kappa shape index (κ1) is 10.0. The Morgan fingerprint density at radius 2 is 2.38 bits per heavy atom. The van der Waals surface area contributed by atoms with Crippen LogP contribution in [0, 0.1) is 6.92 Å². The van der Waals surface area contributed by atoms with Gasteiger partial charge in [-0.15, -0.1) is 0 Å². The number of aromatic amines is 1. The van der Waals surface area contributed by atoms with Crippen molar-refractivity contribution < 1.29 is 0 Å². The Balaban J connectivity index is 2.27. The summed E-state index contributed by atoms with van der Waals surface area (Å²) in [6.07, 6.45) is 1.10. The Morgan fingerprint density at radius 1 is 1.50 bits per heavy atom. The normalized spacial score (nSPS) is 20.7. The molecule has 2 aromatic rings. The van der Waals surface area contributed by atoms with Crippen LogP contribution in [0.25, 0.3) is 11.0 Å². The zero-order valence-electron chi connectivity index (χ0n) is 9.19. The van der Waals surface area contributed by atoms with Crippen LogP contribution in [0.1, 0.15) is 18.0 Å². The molecule has 2 heterocycles. The SMILES string of the molecule is Cc1cccc2c1[nH]c(=O)n2C1CCSC1. The number of nitrogens with one attached hydrogen (secondary N) is 1. The lowest BCUT2D eigenvalue weighted by molar-refractivity contribution is 0.559. The van der Waals surface area contributed by atoms with Crippen molar-refractivity contribution in [1.29, 1.82) is 0 Å². The van der Waals surface area contributed by atoms with Gasteiger partial charge in [0.15, 0.2) is 0 Å². The number of fused-ring (bicyclic) bond motifs is 1. The van der Waals surface area contributed by atoms with Crippen LogP contribution < -0.4 is 5.69 Å².